The molecule has 3 heterocycles. The third kappa shape index (κ3) is 1.83. The number of ether oxygens (including phenoxy) is 1. The molecule has 0 unspecified atom stereocenters. The molecular weight excluding hydrogens is 236 g/mol. The van der Waals surface area contributed by atoms with Crippen LogP contribution < -0.4 is 5.01 Å². The molecule has 0 amide bonds. The van der Waals surface area contributed by atoms with Gasteiger partial charge in [-0.1, -0.05) is 0 Å². The van der Waals surface area contributed by atoms with Gasteiger partial charge in [0.2, 0.25) is 0 Å². The highest BCUT2D eigenvalue weighted by Gasteiger charge is 2.15. The second kappa shape index (κ2) is 4.12. The smallest absolute Gasteiger partial charge is 0.198 e. The molecule has 0 radical (unpaired) electrons. The summed E-state index contributed by atoms with van der Waals surface area (Å²) in [6.45, 7) is 5.18. The van der Waals surface area contributed by atoms with Gasteiger partial charge < -0.3 is 14.7 Å². The Morgan fingerprint density at radius 2 is 2.18 bits per heavy atom. The lowest BCUT2D eigenvalue weighted by Gasteiger charge is -2.29. The number of pyridine rings is 1. The van der Waals surface area contributed by atoms with Gasteiger partial charge in [-0.05, 0) is 30.8 Å². The van der Waals surface area contributed by atoms with E-state index in [9.17, 15) is 0 Å². The Hall–Kier alpha value is -1.40. The van der Waals surface area contributed by atoms with Gasteiger partial charge in [-0.25, -0.2) is 9.66 Å². The number of imidazole rings is 1. The highest BCUT2D eigenvalue weighted by Crippen LogP contribution is 2.14. The monoisotopic (exact) mass is 250 g/mol. The zero-order valence-corrected chi connectivity index (χ0v) is 10.5. The van der Waals surface area contributed by atoms with Gasteiger partial charge in [-0.3, -0.25) is 0 Å². The number of rotatable bonds is 1. The number of H-pyrrole nitrogens is 1. The maximum absolute atomic E-state index is 5.36. The lowest BCUT2D eigenvalue weighted by Crippen LogP contribution is -2.44. The molecule has 17 heavy (non-hydrogen) atoms. The first kappa shape index (κ1) is 10.7. The molecule has 5 nitrogen and oxygen atoms in total. The van der Waals surface area contributed by atoms with E-state index in [1.165, 1.54) is 0 Å². The van der Waals surface area contributed by atoms with Crippen molar-refractivity contribution in [2.45, 2.75) is 6.92 Å². The van der Waals surface area contributed by atoms with E-state index in [0.29, 0.717) is 4.77 Å². The molecule has 0 aromatic carbocycles. The Morgan fingerprint density at radius 1 is 1.41 bits per heavy atom. The number of aryl methyl sites for hydroxylation is 1. The van der Waals surface area contributed by atoms with Crippen LogP contribution in [0.15, 0.2) is 12.3 Å². The minimum Gasteiger partial charge on any atom is -0.378 e. The van der Waals surface area contributed by atoms with E-state index in [0.717, 1.165) is 43.0 Å². The Kier molecular flexibility index (Phi) is 2.60. The topological polar surface area (TPSA) is 46.1 Å². The first-order valence-electron chi connectivity index (χ1n) is 5.66. The van der Waals surface area contributed by atoms with Crippen LogP contribution >= 0.6 is 12.2 Å². The third-order valence-corrected chi connectivity index (χ3v) is 3.18. The molecule has 1 aliphatic heterocycles. The molecule has 1 saturated heterocycles. The van der Waals surface area contributed by atoms with Crippen LogP contribution in [0.3, 0.4) is 0 Å². The molecule has 1 N–H and O–H groups in total. The normalized spacial score (nSPS) is 16.6. The Labute approximate surface area is 104 Å². The van der Waals surface area contributed by atoms with E-state index in [1.54, 1.807) is 0 Å². The van der Waals surface area contributed by atoms with Crippen molar-refractivity contribution in [2.24, 2.45) is 0 Å². The second-order valence-corrected chi connectivity index (χ2v) is 4.58. The Morgan fingerprint density at radius 3 is 2.94 bits per heavy atom. The predicted octanol–water partition coefficient (Wildman–Crippen LogP) is 1.37. The minimum atomic E-state index is 0.694. The summed E-state index contributed by atoms with van der Waals surface area (Å²) in [4.78, 5) is 7.66. The molecule has 2 aromatic heterocycles. The first-order valence-corrected chi connectivity index (χ1v) is 6.07. The third-order valence-electron chi connectivity index (χ3n) is 2.91. The van der Waals surface area contributed by atoms with Crippen molar-refractivity contribution in [3.05, 3.63) is 22.6 Å². The van der Waals surface area contributed by atoms with Crippen molar-refractivity contribution in [3.63, 3.8) is 0 Å². The summed E-state index contributed by atoms with van der Waals surface area (Å²) in [6, 6.07) is 2.06. The highest BCUT2D eigenvalue weighted by molar-refractivity contribution is 7.71. The van der Waals surface area contributed by atoms with Gasteiger partial charge in [-0.15, -0.1) is 0 Å². The van der Waals surface area contributed by atoms with Crippen molar-refractivity contribution in [1.82, 2.24) is 14.6 Å². The van der Waals surface area contributed by atoms with Crippen molar-refractivity contribution in [3.8, 4) is 0 Å². The highest BCUT2D eigenvalue weighted by atomic mass is 32.1. The molecule has 0 aliphatic carbocycles. The van der Waals surface area contributed by atoms with Crippen molar-refractivity contribution < 1.29 is 4.74 Å². The molecule has 2 aromatic rings. The van der Waals surface area contributed by atoms with E-state index < -0.39 is 0 Å². The molecule has 0 bridgehead atoms. The summed E-state index contributed by atoms with van der Waals surface area (Å²) in [6.07, 6.45) is 1.86. The fraction of sp³-hybridized carbons (Fsp3) is 0.455. The molecule has 1 fully saturated rings. The standard InChI is InChI=1S/C11H14N4OS/c1-8-6-9-10(12-7-8)15(11(17)13-9)14-2-4-16-5-3-14/h6-7H,2-5H2,1H3,(H,13,17). The molecule has 0 atom stereocenters. The maximum atomic E-state index is 5.36. The number of nitrogens with zero attached hydrogens (tertiary/aromatic N) is 3. The fourth-order valence-corrected chi connectivity index (χ4v) is 2.42. The zero-order valence-electron chi connectivity index (χ0n) is 9.64. The average molecular weight is 250 g/mol. The quantitative estimate of drug-likeness (QED) is 0.777. The van der Waals surface area contributed by atoms with E-state index in [1.807, 2.05) is 17.8 Å². The van der Waals surface area contributed by atoms with Gasteiger partial charge >= 0.3 is 0 Å². The summed E-state index contributed by atoms with van der Waals surface area (Å²) < 4.78 is 8.02. The van der Waals surface area contributed by atoms with Gasteiger partial charge in [0.1, 0.15) is 0 Å². The molecule has 0 spiro atoms. The van der Waals surface area contributed by atoms with Gasteiger partial charge in [0, 0.05) is 6.20 Å². The lowest BCUT2D eigenvalue weighted by atomic mass is 10.3. The number of nitrogens with one attached hydrogen (secondary N) is 1. The van der Waals surface area contributed by atoms with Crippen LogP contribution in [-0.4, -0.2) is 40.9 Å². The number of fused-ring (bicyclic) bond motifs is 1. The van der Waals surface area contributed by atoms with Crippen molar-refractivity contribution in [2.75, 3.05) is 31.3 Å². The molecular formula is C11H14N4OS. The van der Waals surface area contributed by atoms with Gasteiger partial charge in [0.15, 0.2) is 10.4 Å². The molecule has 3 rings (SSSR count). The first-order chi connectivity index (χ1) is 8.25. The molecule has 1 aliphatic rings. The molecule has 0 saturated carbocycles. The second-order valence-electron chi connectivity index (χ2n) is 4.19. The van der Waals surface area contributed by atoms with Gasteiger partial charge in [0.05, 0.1) is 31.8 Å². The van der Waals surface area contributed by atoms with E-state index in [-0.39, 0.29) is 0 Å². The van der Waals surface area contributed by atoms with E-state index in [2.05, 4.69) is 21.0 Å². The number of hydrogen-bond donors (Lipinski definition) is 1. The van der Waals surface area contributed by atoms with Crippen LogP contribution in [0.25, 0.3) is 11.2 Å². The van der Waals surface area contributed by atoms with Crippen LogP contribution in [0.4, 0.5) is 0 Å². The van der Waals surface area contributed by atoms with Crippen LogP contribution in [0.5, 0.6) is 0 Å². The van der Waals surface area contributed by atoms with Crippen molar-refractivity contribution >= 4 is 23.4 Å². The Bertz CT molecular complexity index is 597. The maximum Gasteiger partial charge on any atom is 0.198 e. The zero-order chi connectivity index (χ0) is 11.8. The number of aromatic nitrogens is 3. The van der Waals surface area contributed by atoms with Crippen LogP contribution in [0.1, 0.15) is 5.56 Å². The summed E-state index contributed by atoms with van der Waals surface area (Å²) >= 11 is 5.36. The largest absolute Gasteiger partial charge is 0.378 e. The Balaban J connectivity index is 2.14. The van der Waals surface area contributed by atoms with E-state index in [4.69, 9.17) is 17.0 Å². The molecule has 90 valence electrons. The van der Waals surface area contributed by atoms with E-state index >= 15 is 0 Å². The number of morpholine rings is 1. The predicted molar refractivity (Wildman–Crippen MR) is 68.4 cm³/mol. The van der Waals surface area contributed by atoms with Crippen molar-refractivity contribution in [1.29, 1.82) is 0 Å². The van der Waals surface area contributed by atoms with Crippen LogP contribution in [0.2, 0.25) is 0 Å². The summed E-state index contributed by atoms with van der Waals surface area (Å²) in [5, 5.41) is 2.17. The van der Waals surface area contributed by atoms with Crippen LogP contribution in [-0.2, 0) is 4.74 Å². The fourth-order valence-electron chi connectivity index (χ4n) is 2.10. The van der Waals surface area contributed by atoms with Gasteiger partial charge in [-0.2, -0.15) is 0 Å². The van der Waals surface area contributed by atoms with Gasteiger partial charge in [0.25, 0.3) is 0 Å². The number of aromatic amines is 1. The summed E-state index contributed by atoms with van der Waals surface area (Å²) in [5.41, 5.74) is 3.01. The summed E-state index contributed by atoms with van der Waals surface area (Å²) in [5.74, 6) is 0. The van der Waals surface area contributed by atoms with Crippen LogP contribution in [0, 0.1) is 11.7 Å². The minimum absolute atomic E-state index is 0.694. The average Bonchev–Trinajstić information content (AvgIpc) is 2.65. The SMILES string of the molecule is Cc1cnc2c(c1)[nH]c(=S)n2N1CCOCC1. The molecule has 6 heteroatoms. The lowest BCUT2D eigenvalue weighted by molar-refractivity contribution is 0.111. The number of hydrogen-bond acceptors (Lipinski definition) is 4. The summed E-state index contributed by atoms with van der Waals surface area (Å²) in [7, 11) is 0.